The van der Waals surface area contributed by atoms with Gasteiger partial charge in [-0.3, -0.25) is 9.59 Å². The number of rotatable bonds is 35. The van der Waals surface area contributed by atoms with Crippen LogP contribution in [-0.4, -0.2) is 37.9 Å². The summed E-state index contributed by atoms with van der Waals surface area (Å²) in [6, 6.07) is 0. The average Bonchev–Trinajstić information content (AvgIpc) is 3.02. The van der Waals surface area contributed by atoms with Crippen LogP contribution in [0.25, 0.3) is 0 Å². The molecule has 1 unspecified atom stereocenters. The molecule has 0 spiro atoms. The quantitative estimate of drug-likeness (QED) is 0.0400. The smallest absolute Gasteiger partial charge is 0.306 e. The predicted molar refractivity (Wildman–Crippen MR) is 187 cm³/mol. The van der Waals surface area contributed by atoms with Crippen molar-refractivity contribution in [3.05, 3.63) is 12.2 Å². The molecule has 5 heteroatoms. The van der Waals surface area contributed by atoms with Gasteiger partial charge in [0, 0.05) is 19.4 Å². The summed E-state index contributed by atoms with van der Waals surface area (Å²) in [7, 11) is 0. The Balaban J connectivity index is 4.21. The van der Waals surface area contributed by atoms with Crippen LogP contribution in [0.1, 0.15) is 201 Å². The number of ether oxygens (including phenoxy) is 3. The molecule has 0 bridgehead atoms. The van der Waals surface area contributed by atoms with Crippen LogP contribution >= 0.6 is 0 Å². The van der Waals surface area contributed by atoms with Crippen LogP contribution in [-0.2, 0) is 23.8 Å². The van der Waals surface area contributed by atoms with E-state index in [9.17, 15) is 9.59 Å². The van der Waals surface area contributed by atoms with Gasteiger partial charge < -0.3 is 14.2 Å². The molecule has 0 aliphatic carbocycles. The first-order valence-corrected chi connectivity index (χ1v) is 19.2. The van der Waals surface area contributed by atoms with Crippen molar-refractivity contribution in [1.82, 2.24) is 0 Å². The predicted octanol–water partition coefficient (Wildman–Crippen LogP) is 12.0. The minimum Gasteiger partial charge on any atom is -0.462 e. The third-order valence-corrected chi connectivity index (χ3v) is 8.30. The standard InChI is InChI=1S/C39H74O5/c1-4-7-10-13-16-19-20-22-23-26-29-32-38(40)43-36-37(35-42-34-31-28-25-18-15-12-9-6-3)44-39(41)33-30-27-24-21-17-14-11-8-5-2/h13,16,37H,4-12,14-15,17-36H2,1-3H3/b16-13-. The average molecular weight is 623 g/mol. The lowest BCUT2D eigenvalue weighted by Gasteiger charge is -2.18. The molecule has 0 aliphatic rings. The van der Waals surface area contributed by atoms with Crippen molar-refractivity contribution >= 4 is 11.9 Å². The van der Waals surface area contributed by atoms with Gasteiger partial charge in [0.1, 0.15) is 6.61 Å². The summed E-state index contributed by atoms with van der Waals surface area (Å²) in [6.07, 6.45) is 36.3. The number of esters is 2. The van der Waals surface area contributed by atoms with Crippen molar-refractivity contribution in [1.29, 1.82) is 0 Å². The van der Waals surface area contributed by atoms with E-state index in [4.69, 9.17) is 14.2 Å². The molecule has 0 rings (SSSR count). The molecule has 1 atom stereocenters. The minimum absolute atomic E-state index is 0.0874. The highest BCUT2D eigenvalue weighted by Crippen LogP contribution is 2.13. The summed E-state index contributed by atoms with van der Waals surface area (Å²) < 4.78 is 17.1. The topological polar surface area (TPSA) is 61.8 Å². The summed E-state index contributed by atoms with van der Waals surface area (Å²) in [5.74, 6) is -0.406. The van der Waals surface area contributed by atoms with E-state index in [-0.39, 0.29) is 18.5 Å². The monoisotopic (exact) mass is 623 g/mol. The van der Waals surface area contributed by atoms with Crippen LogP contribution in [0.5, 0.6) is 0 Å². The molecule has 5 nitrogen and oxygen atoms in total. The number of hydrogen-bond acceptors (Lipinski definition) is 5. The van der Waals surface area contributed by atoms with Gasteiger partial charge in [0.2, 0.25) is 0 Å². The number of carbonyl (C=O) groups excluding carboxylic acids is 2. The van der Waals surface area contributed by atoms with Crippen LogP contribution in [0, 0.1) is 0 Å². The maximum atomic E-state index is 12.5. The fourth-order valence-corrected chi connectivity index (χ4v) is 5.37. The van der Waals surface area contributed by atoms with Crippen molar-refractivity contribution in [2.45, 2.75) is 207 Å². The van der Waals surface area contributed by atoms with E-state index in [1.165, 1.54) is 122 Å². The number of allylic oxidation sites excluding steroid dienone is 2. The second-order valence-electron chi connectivity index (χ2n) is 12.8. The lowest BCUT2D eigenvalue weighted by molar-refractivity contribution is -0.163. The van der Waals surface area contributed by atoms with Crippen molar-refractivity contribution < 1.29 is 23.8 Å². The van der Waals surface area contributed by atoms with Crippen LogP contribution in [0.2, 0.25) is 0 Å². The Labute approximate surface area is 274 Å². The Morgan fingerprint density at radius 2 is 0.909 bits per heavy atom. The molecular formula is C39H74O5. The SMILES string of the molecule is CCCC/C=C\CCCCCCCC(=O)OCC(COCCCCCCCCCC)OC(=O)CCCCCCCCCCC. The van der Waals surface area contributed by atoms with Crippen LogP contribution in [0.15, 0.2) is 12.2 Å². The van der Waals surface area contributed by atoms with E-state index in [0.29, 0.717) is 26.1 Å². The summed E-state index contributed by atoms with van der Waals surface area (Å²) in [5.41, 5.74) is 0. The van der Waals surface area contributed by atoms with Crippen molar-refractivity contribution in [3.8, 4) is 0 Å². The maximum Gasteiger partial charge on any atom is 0.306 e. The molecule has 260 valence electrons. The van der Waals surface area contributed by atoms with Crippen molar-refractivity contribution in [2.24, 2.45) is 0 Å². The van der Waals surface area contributed by atoms with E-state index in [2.05, 4.69) is 32.9 Å². The highest BCUT2D eigenvalue weighted by Gasteiger charge is 2.17. The lowest BCUT2D eigenvalue weighted by Crippen LogP contribution is -2.30. The van der Waals surface area contributed by atoms with E-state index in [1.807, 2.05) is 0 Å². The highest BCUT2D eigenvalue weighted by atomic mass is 16.6. The molecule has 0 amide bonds. The van der Waals surface area contributed by atoms with Crippen molar-refractivity contribution in [3.63, 3.8) is 0 Å². The molecule has 0 heterocycles. The fourth-order valence-electron chi connectivity index (χ4n) is 5.37. The number of hydrogen-bond donors (Lipinski definition) is 0. The Hall–Kier alpha value is -1.36. The molecule has 0 radical (unpaired) electrons. The van der Waals surface area contributed by atoms with Gasteiger partial charge >= 0.3 is 11.9 Å². The zero-order valence-electron chi connectivity index (χ0n) is 29.7. The second kappa shape index (κ2) is 36.1. The minimum atomic E-state index is -0.524. The second-order valence-corrected chi connectivity index (χ2v) is 12.8. The van der Waals surface area contributed by atoms with Crippen LogP contribution in [0.3, 0.4) is 0 Å². The van der Waals surface area contributed by atoms with E-state index < -0.39 is 6.10 Å². The summed E-state index contributed by atoms with van der Waals surface area (Å²) in [6.45, 7) is 7.76. The first-order valence-electron chi connectivity index (χ1n) is 19.2. The van der Waals surface area contributed by atoms with Gasteiger partial charge in [0.05, 0.1) is 6.61 Å². The Morgan fingerprint density at radius 3 is 1.45 bits per heavy atom. The molecule has 0 saturated heterocycles. The zero-order valence-corrected chi connectivity index (χ0v) is 29.7. The van der Waals surface area contributed by atoms with Gasteiger partial charge in [-0.1, -0.05) is 161 Å². The van der Waals surface area contributed by atoms with Gasteiger partial charge in [-0.2, -0.15) is 0 Å². The molecule has 44 heavy (non-hydrogen) atoms. The van der Waals surface area contributed by atoms with E-state index in [0.717, 1.165) is 44.9 Å². The molecule has 0 N–H and O–H groups in total. The largest absolute Gasteiger partial charge is 0.462 e. The van der Waals surface area contributed by atoms with Gasteiger partial charge in [0.25, 0.3) is 0 Å². The Kier molecular flexibility index (Phi) is 35.0. The number of carbonyl (C=O) groups is 2. The first kappa shape index (κ1) is 42.6. The van der Waals surface area contributed by atoms with Gasteiger partial charge in [-0.05, 0) is 38.5 Å². The summed E-state index contributed by atoms with van der Waals surface area (Å²) in [5, 5.41) is 0. The number of unbranched alkanes of at least 4 members (excludes halogenated alkanes) is 22. The normalized spacial score (nSPS) is 12.2. The van der Waals surface area contributed by atoms with Crippen LogP contribution < -0.4 is 0 Å². The molecular weight excluding hydrogens is 548 g/mol. The summed E-state index contributed by atoms with van der Waals surface area (Å²) >= 11 is 0. The lowest BCUT2D eigenvalue weighted by atomic mass is 10.1. The third-order valence-electron chi connectivity index (χ3n) is 8.30. The Bertz CT molecular complexity index is 632. The first-order chi connectivity index (χ1) is 21.6. The van der Waals surface area contributed by atoms with Gasteiger partial charge in [0.15, 0.2) is 6.10 Å². The Morgan fingerprint density at radius 1 is 0.477 bits per heavy atom. The molecule has 0 saturated carbocycles. The molecule has 0 fully saturated rings. The van der Waals surface area contributed by atoms with E-state index in [1.54, 1.807) is 0 Å². The van der Waals surface area contributed by atoms with Crippen molar-refractivity contribution in [2.75, 3.05) is 19.8 Å². The molecule has 0 aromatic carbocycles. The van der Waals surface area contributed by atoms with Gasteiger partial charge in [-0.25, -0.2) is 0 Å². The zero-order chi connectivity index (χ0) is 32.2. The highest BCUT2D eigenvalue weighted by molar-refractivity contribution is 5.70. The summed E-state index contributed by atoms with van der Waals surface area (Å²) in [4.78, 5) is 24.9. The molecule has 0 aliphatic heterocycles. The third kappa shape index (κ3) is 33.5. The van der Waals surface area contributed by atoms with E-state index >= 15 is 0 Å². The van der Waals surface area contributed by atoms with Crippen LogP contribution in [0.4, 0.5) is 0 Å². The molecule has 0 aromatic heterocycles. The van der Waals surface area contributed by atoms with Gasteiger partial charge in [-0.15, -0.1) is 0 Å². The maximum absolute atomic E-state index is 12.5. The fraction of sp³-hybridized carbons (Fsp3) is 0.897. The molecule has 0 aromatic rings.